The molecule has 0 fully saturated rings. The van der Waals surface area contributed by atoms with Crippen LogP contribution in [-0.2, 0) is 6.61 Å². The second-order valence-electron chi connectivity index (χ2n) is 3.95. The second-order valence-corrected chi connectivity index (χ2v) is 3.95. The number of anilines is 1. The predicted molar refractivity (Wildman–Crippen MR) is 69.1 cm³/mol. The Morgan fingerprint density at radius 2 is 2.05 bits per heavy atom. The fraction of sp³-hybridized carbons (Fsp3) is 0.214. The van der Waals surface area contributed by atoms with Gasteiger partial charge in [-0.05, 0) is 25.1 Å². The average Bonchev–Trinajstić information content (AvgIpc) is 2.40. The molecule has 0 spiro atoms. The van der Waals surface area contributed by atoms with Crippen molar-refractivity contribution >= 4 is 5.82 Å². The van der Waals surface area contributed by atoms with Crippen LogP contribution in [0.2, 0.25) is 0 Å². The number of nitrogens with zero attached hydrogens (tertiary/aromatic N) is 1. The largest absolute Gasteiger partial charge is 0.486 e. The molecule has 0 amide bonds. The van der Waals surface area contributed by atoms with E-state index in [4.69, 9.17) is 4.74 Å². The molecule has 3 nitrogen and oxygen atoms in total. The molecule has 0 saturated heterocycles. The van der Waals surface area contributed by atoms with Crippen LogP contribution in [0.5, 0.6) is 5.75 Å². The average molecular weight is 264 g/mol. The van der Waals surface area contributed by atoms with Gasteiger partial charge in [-0.25, -0.2) is 13.8 Å². The molecule has 2 rings (SSSR count). The minimum atomic E-state index is -0.711. The number of hydrogen-bond donors (Lipinski definition) is 1. The summed E-state index contributed by atoms with van der Waals surface area (Å²) in [5.74, 6) is -0.532. The molecule has 100 valence electrons. The van der Waals surface area contributed by atoms with E-state index in [1.165, 1.54) is 6.07 Å². The third-order valence-electron chi connectivity index (χ3n) is 2.47. The van der Waals surface area contributed by atoms with E-state index in [9.17, 15) is 8.78 Å². The van der Waals surface area contributed by atoms with E-state index in [0.29, 0.717) is 0 Å². The van der Waals surface area contributed by atoms with E-state index >= 15 is 0 Å². The number of hydrogen-bond acceptors (Lipinski definition) is 3. The van der Waals surface area contributed by atoms with Gasteiger partial charge in [0.15, 0.2) is 11.6 Å². The normalized spacial score (nSPS) is 10.3. The van der Waals surface area contributed by atoms with Crippen LogP contribution in [0.15, 0.2) is 36.5 Å². The Bertz CT molecular complexity index is 544. The first-order valence-electron chi connectivity index (χ1n) is 5.95. The maximum Gasteiger partial charge on any atom is 0.167 e. The Kier molecular flexibility index (Phi) is 4.28. The van der Waals surface area contributed by atoms with E-state index in [1.807, 2.05) is 19.1 Å². The smallest absolute Gasteiger partial charge is 0.167 e. The van der Waals surface area contributed by atoms with Crippen molar-refractivity contribution in [3.8, 4) is 5.75 Å². The number of rotatable bonds is 5. The Morgan fingerprint density at radius 3 is 2.68 bits per heavy atom. The second kappa shape index (κ2) is 6.13. The van der Waals surface area contributed by atoms with Crippen molar-refractivity contribution in [2.24, 2.45) is 0 Å². The van der Waals surface area contributed by atoms with Crippen LogP contribution in [0.3, 0.4) is 0 Å². The van der Waals surface area contributed by atoms with E-state index in [0.717, 1.165) is 30.1 Å². The van der Waals surface area contributed by atoms with Gasteiger partial charge in [0.25, 0.3) is 0 Å². The summed E-state index contributed by atoms with van der Waals surface area (Å²) in [4.78, 5) is 4.17. The summed E-state index contributed by atoms with van der Waals surface area (Å²) in [5, 5.41) is 3.07. The zero-order valence-corrected chi connectivity index (χ0v) is 10.5. The van der Waals surface area contributed by atoms with Crippen LogP contribution >= 0.6 is 0 Å². The highest BCUT2D eigenvalue weighted by Gasteiger charge is 2.05. The number of pyridine rings is 1. The fourth-order valence-corrected chi connectivity index (χ4v) is 1.55. The monoisotopic (exact) mass is 264 g/mol. The molecule has 1 N–H and O–H groups in total. The van der Waals surface area contributed by atoms with Gasteiger partial charge >= 0.3 is 0 Å². The molecule has 0 unspecified atom stereocenters. The topological polar surface area (TPSA) is 34.1 Å². The van der Waals surface area contributed by atoms with Crippen molar-refractivity contribution in [2.75, 3.05) is 11.9 Å². The number of halogens is 2. The van der Waals surface area contributed by atoms with Crippen molar-refractivity contribution < 1.29 is 13.5 Å². The first-order valence-corrected chi connectivity index (χ1v) is 5.95. The van der Waals surface area contributed by atoms with Crippen molar-refractivity contribution in [1.29, 1.82) is 0 Å². The van der Waals surface area contributed by atoms with Gasteiger partial charge in [-0.3, -0.25) is 0 Å². The van der Waals surface area contributed by atoms with Gasteiger partial charge in [0.05, 0.1) is 0 Å². The lowest BCUT2D eigenvalue weighted by molar-refractivity contribution is 0.289. The summed E-state index contributed by atoms with van der Waals surface area (Å²) in [6.07, 6.45) is 1.65. The Labute approximate surface area is 110 Å². The van der Waals surface area contributed by atoms with Crippen molar-refractivity contribution in [2.45, 2.75) is 13.5 Å². The summed E-state index contributed by atoms with van der Waals surface area (Å²) in [6.45, 7) is 2.96. The van der Waals surface area contributed by atoms with Crippen LogP contribution < -0.4 is 10.1 Å². The Morgan fingerprint density at radius 1 is 1.21 bits per heavy atom. The zero-order valence-electron chi connectivity index (χ0n) is 10.5. The summed E-state index contributed by atoms with van der Waals surface area (Å²) >= 11 is 0. The number of ether oxygens (including phenoxy) is 1. The minimum absolute atomic E-state index is 0.0251. The van der Waals surface area contributed by atoms with Crippen LogP contribution in [-0.4, -0.2) is 11.5 Å². The maximum absolute atomic E-state index is 13.3. The van der Waals surface area contributed by atoms with Gasteiger partial charge in [-0.2, -0.15) is 0 Å². The molecule has 0 bridgehead atoms. The van der Waals surface area contributed by atoms with Crippen LogP contribution in [0.4, 0.5) is 14.6 Å². The van der Waals surface area contributed by atoms with Crippen LogP contribution in [0.25, 0.3) is 0 Å². The molecule has 19 heavy (non-hydrogen) atoms. The minimum Gasteiger partial charge on any atom is -0.486 e. The van der Waals surface area contributed by atoms with Gasteiger partial charge in [-0.1, -0.05) is 6.07 Å². The van der Waals surface area contributed by atoms with E-state index in [-0.39, 0.29) is 12.4 Å². The van der Waals surface area contributed by atoms with E-state index in [2.05, 4.69) is 10.3 Å². The molecule has 0 radical (unpaired) electrons. The fourth-order valence-electron chi connectivity index (χ4n) is 1.55. The number of benzene rings is 1. The number of nitrogens with one attached hydrogen (secondary N) is 1. The molecule has 1 heterocycles. The molecule has 0 saturated carbocycles. The molecular formula is C14H14F2N2O. The van der Waals surface area contributed by atoms with Gasteiger partial charge < -0.3 is 10.1 Å². The van der Waals surface area contributed by atoms with Gasteiger partial charge in [-0.15, -0.1) is 0 Å². The molecule has 2 aromatic rings. The highest BCUT2D eigenvalue weighted by atomic mass is 19.1. The lowest BCUT2D eigenvalue weighted by atomic mass is 10.3. The number of aromatic nitrogens is 1. The Balaban J connectivity index is 1.98. The van der Waals surface area contributed by atoms with Gasteiger partial charge in [0.1, 0.15) is 18.2 Å². The summed E-state index contributed by atoms with van der Waals surface area (Å²) in [6, 6.07) is 6.88. The van der Waals surface area contributed by atoms with Crippen molar-refractivity contribution in [1.82, 2.24) is 4.98 Å². The van der Waals surface area contributed by atoms with Crippen molar-refractivity contribution in [3.63, 3.8) is 0 Å². The molecule has 0 atom stereocenters. The van der Waals surface area contributed by atoms with Gasteiger partial charge in [0.2, 0.25) is 0 Å². The maximum atomic E-state index is 13.3. The molecule has 1 aromatic carbocycles. The molecule has 0 aliphatic heterocycles. The molecule has 5 heteroatoms. The lowest BCUT2D eigenvalue weighted by Crippen LogP contribution is -2.01. The zero-order chi connectivity index (χ0) is 13.7. The lowest BCUT2D eigenvalue weighted by Gasteiger charge is -2.08. The molecule has 0 aliphatic carbocycles. The van der Waals surface area contributed by atoms with Gasteiger partial charge in [0, 0.05) is 24.4 Å². The first-order chi connectivity index (χ1) is 9.19. The predicted octanol–water partition coefficient (Wildman–Crippen LogP) is 3.37. The summed E-state index contributed by atoms with van der Waals surface area (Å²) in [5.41, 5.74) is 0.811. The molecular weight excluding hydrogens is 250 g/mol. The molecule has 1 aromatic heterocycles. The van der Waals surface area contributed by atoms with Crippen LogP contribution in [0, 0.1) is 11.6 Å². The highest BCUT2D eigenvalue weighted by Crippen LogP contribution is 2.19. The Hall–Kier alpha value is -2.17. The highest BCUT2D eigenvalue weighted by molar-refractivity contribution is 5.35. The van der Waals surface area contributed by atoms with E-state index in [1.54, 1.807) is 6.20 Å². The van der Waals surface area contributed by atoms with E-state index < -0.39 is 11.6 Å². The third kappa shape index (κ3) is 3.64. The first kappa shape index (κ1) is 13.3. The third-order valence-corrected chi connectivity index (χ3v) is 2.47. The van der Waals surface area contributed by atoms with Crippen LogP contribution in [0.1, 0.15) is 12.5 Å². The quantitative estimate of drug-likeness (QED) is 0.899. The standard InChI is InChI=1S/C14H14F2N2O/c1-2-17-14-6-3-10(8-18-14)9-19-13-5-4-11(15)7-12(13)16/h3-8H,2,9H2,1H3,(H,17,18). The summed E-state index contributed by atoms with van der Waals surface area (Å²) < 4.78 is 31.3. The summed E-state index contributed by atoms with van der Waals surface area (Å²) in [7, 11) is 0. The van der Waals surface area contributed by atoms with Crippen molar-refractivity contribution in [3.05, 3.63) is 53.7 Å². The molecule has 0 aliphatic rings. The SMILES string of the molecule is CCNc1ccc(COc2ccc(F)cc2F)cn1.